The van der Waals surface area contributed by atoms with E-state index in [4.69, 9.17) is 0 Å². The average molecular weight is 242 g/mol. The third-order valence-electron chi connectivity index (χ3n) is 2.94. The van der Waals surface area contributed by atoms with Gasteiger partial charge in [0.15, 0.2) is 0 Å². The second-order valence-corrected chi connectivity index (χ2v) is 4.62. The summed E-state index contributed by atoms with van der Waals surface area (Å²) in [6.07, 6.45) is 2.84. The molecule has 0 aromatic heterocycles. The summed E-state index contributed by atoms with van der Waals surface area (Å²) in [5, 5.41) is 18.6. The van der Waals surface area contributed by atoms with Crippen LogP contribution in [0.5, 0.6) is 0 Å². The van der Waals surface area contributed by atoms with Crippen LogP contribution in [0.25, 0.3) is 0 Å². The normalized spacial score (nSPS) is 15.7. The lowest BCUT2D eigenvalue weighted by atomic mass is 9.73. The molecule has 4 nitrogen and oxygen atoms in total. The third kappa shape index (κ3) is 3.58. The van der Waals surface area contributed by atoms with Gasteiger partial charge in [-0.25, -0.2) is 4.79 Å². The quantitative estimate of drug-likeness (QED) is 0.673. The summed E-state index contributed by atoms with van der Waals surface area (Å²) in [5.74, 6) is -2.16. The molecule has 0 aliphatic rings. The Labute approximate surface area is 102 Å². The molecule has 17 heavy (non-hydrogen) atoms. The van der Waals surface area contributed by atoms with E-state index in [2.05, 4.69) is 0 Å². The molecule has 0 aliphatic heterocycles. The highest BCUT2D eigenvalue weighted by Gasteiger charge is 2.42. The molecule has 0 aromatic rings. The molecule has 1 atom stereocenters. The van der Waals surface area contributed by atoms with Crippen LogP contribution in [0.15, 0.2) is 11.6 Å². The van der Waals surface area contributed by atoms with Gasteiger partial charge < -0.3 is 10.2 Å². The molecule has 0 heterocycles. The lowest BCUT2D eigenvalue weighted by Gasteiger charge is -2.29. The Kier molecular flexibility index (Phi) is 5.93. The Hall–Kier alpha value is -1.32. The first-order valence-electron chi connectivity index (χ1n) is 6.00. The van der Waals surface area contributed by atoms with Crippen molar-refractivity contribution in [2.45, 2.75) is 47.0 Å². The highest BCUT2D eigenvalue weighted by molar-refractivity contribution is 5.96. The van der Waals surface area contributed by atoms with Crippen LogP contribution in [0.4, 0.5) is 0 Å². The van der Waals surface area contributed by atoms with Crippen LogP contribution in [-0.4, -0.2) is 22.2 Å². The van der Waals surface area contributed by atoms with E-state index in [-0.39, 0.29) is 11.5 Å². The highest BCUT2D eigenvalue weighted by Crippen LogP contribution is 2.37. The molecule has 98 valence electrons. The molecular weight excluding hydrogens is 220 g/mol. The van der Waals surface area contributed by atoms with Crippen LogP contribution in [0, 0.1) is 11.3 Å². The minimum atomic E-state index is -1.26. The van der Waals surface area contributed by atoms with Crippen molar-refractivity contribution in [3.8, 4) is 0 Å². The molecule has 0 radical (unpaired) electrons. The molecule has 0 amide bonds. The van der Waals surface area contributed by atoms with Crippen LogP contribution in [-0.2, 0) is 9.59 Å². The molecule has 0 rings (SSSR count). The van der Waals surface area contributed by atoms with Gasteiger partial charge in [0.05, 0.1) is 11.0 Å². The fraction of sp³-hybridized carbons (Fsp3) is 0.692. The van der Waals surface area contributed by atoms with Crippen LogP contribution in [0.2, 0.25) is 0 Å². The summed E-state index contributed by atoms with van der Waals surface area (Å²) in [5.41, 5.74) is -1.24. The van der Waals surface area contributed by atoms with E-state index in [1.807, 2.05) is 20.8 Å². The monoisotopic (exact) mass is 242 g/mol. The van der Waals surface area contributed by atoms with Gasteiger partial charge in [-0.05, 0) is 18.8 Å². The van der Waals surface area contributed by atoms with Gasteiger partial charge in [0, 0.05) is 0 Å². The van der Waals surface area contributed by atoms with Crippen LogP contribution in [0.3, 0.4) is 0 Å². The molecule has 0 aromatic carbocycles. The Morgan fingerprint density at radius 1 is 1.24 bits per heavy atom. The van der Waals surface area contributed by atoms with Crippen molar-refractivity contribution < 1.29 is 19.8 Å². The molecule has 0 spiro atoms. The maximum atomic E-state index is 11.5. The van der Waals surface area contributed by atoms with Gasteiger partial charge in [-0.2, -0.15) is 0 Å². The fourth-order valence-corrected chi connectivity index (χ4v) is 2.07. The van der Waals surface area contributed by atoms with E-state index < -0.39 is 17.4 Å². The second kappa shape index (κ2) is 6.42. The van der Waals surface area contributed by atoms with Crippen molar-refractivity contribution in [3.63, 3.8) is 0 Å². The van der Waals surface area contributed by atoms with Crippen molar-refractivity contribution >= 4 is 11.9 Å². The molecule has 2 N–H and O–H groups in total. The first-order valence-corrected chi connectivity index (χ1v) is 6.00. The van der Waals surface area contributed by atoms with Crippen molar-refractivity contribution in [3.05, 3.63) is 11.6 Å². The van der Waals surface area contributed by atoms with Gasteiger partial charge in [0.25, 0.3) is 0 Å². The average Bonchev–Trinajstić information content (AvgIpc) is 2.22. The number of carboxylic acid groups (broad SMARTS) is 2. The van der Waals surface area contributed by atoms with Crippen molar-refractivity contribution in [1.29, 1.82) is 0 Å². The van der Waals surface area contributed by atoms with Crippen molar-refractivity contribution in [2.75, 3.05) is 0 Å². The molecule has 0 saturated heterocycles. The molecule has 0 saturated carbocycles. The molecule has 0 aliphatic carbocycles. The predicted octanol–water partition coefficient (Wildman–Crippen LogP) is 2.93. The predicted molar refractivity (Wildman–Crippen MR) is 65.8 cm³/mol. The SMILES string of the molecule is CCCC(CC)(C(=O)O)C(=CC(C)C)C(=O)O. The van der Waals surface area contributed by atoms with Crippen LogP contribution < -0.4 is 0 Å². The first kappa shape index (κ1) is 15.7. The minimum absolute atomic E-state index is 0.0169. The Morgan fingerprint density at radius 2 is 1.76 bits per heavy atom. The third-order valence-corrected chi connectivity index (χ3v) is 2.94. The summed E-state index contributed by atoms with van der Waals surface area (Å²) in [6, 6.07) is 0. The zero-order valence-electron chi connectivity index (χ0n) is 11.0. The lowest BCUT2D eigenvalue weighted by molar-refractivity contribution is -0.150. The molecule has 0 bridgehead atoms. The largest absolute Gasteiger partial charge is 0.481 e. The van der Waals surface area contributed by atoms with E-state index >= 15 is 0 Å². The number of rotatable bonds is 7. The van der Waals surface area contributed by atoms with Gasteiger partial charge in [-0.3, -0.25) is 4.79 Å². The summed E-state index contributed by atoms with van der Waals surface area (Å²) < 4.78 is 0. The summed E-state index contributed by atoms with van der Waals surface area (Å²) in [4.78, 5) is 22.8. The molecule has 0 fully saturated rings. The van der Waals surface area contributed by atoms with Gasteiger partial charge in [0.2, 0.25) is 0 Å². The van der Waals surface area contributed by atoms with Gasteiger partial charge in [0.1, 0.15) is 0 Å². The minimum Gasteiger partial charge on any atom is -0.481 e. The van der Waals surface area contributed by atoms with Crippen molar-refractivity contribution in [2.24, 2.45) is 11.3 Å². The summed E-state index contributed by atoms with van der Waals surface area (Å²) in [7, 11) is 0. The number of aliphatic carboxylic acids is 2. The fourth-order valence-electron chi connectivity index (χ4n) is 2.07. The Morgan fingerprint density at radius 3 is 2.00 bits per heavy atom. The van der Waals surface area contributed by atoms with Gasteiger partial charge >= 0.3 is 11.9 Å². The standard InChI is InChI=1S/C13H22O4/c1-5-7-13(6-2,12(16)17)10(11(14)15)8-9(3)4/h8-9H,5-7H2,1-4H3,(H,14,15)(H,16,17). The molecule has 4 heteroatoms. The maximum absolute atomic E-state index is 11.5. The van der Waals surface area contributed by atoms with Gasteiger partial charge in [-0.15, -0.1) is 0 Å². The smallest absolute Gasteiger partial charge is 0.332 e. The number of allylic oxidation sites excluding steroid dienone is 1. The van der Waals surface area contributed by atoms with E-state index in [0.717, 1.165) is 0 Å². The first-order chi connectivity index (χ1) is 7.81. The van der Waals surface area contributed by atoms with E-state index in [1.54, 1.807) is 13.0 Å². The topological polar surface area (TPSA) is 74.6 Å². The number of hydrogen-bond acceptors (Lipinski definition) is 2. The Bertz CT molecular complexity index is 317. The summed E-state index contributed by atoms with van der Waals surface area (Å²) in [6.45, 7) is 7.28. The van der Waals surface area contributed by atoms with E-state index in [1.165, 1.54) is 0 Å². The second-order valence-electron chi connectivity index (χ2n) is 4.62. The zero-order valence-corrected chi connectivity index (χ0v) is 11.0. The molecule has 1 unspecified atom stereocenters. The van der Waals surface area contributed by atoms with Crippen molar-refractivity contribution in [1.82, 2.24) is 0 Å². The zero-order chi connectivity index (χ0) is 13.6. The van der Waals surface area contributed by atoms with Crippen LogP contribution in [0.1, 0.15) is 47.0 Å². The van der Waals surface area contributed by atoms with Crippen LogP contribution >= 0.6 is 0 Å². The highest BCUT2D eigenvalue weighted by atomic mass is 16.4. The lowest BCUT2D eigenvalue weighted by Crippen LogP contribution is -2.36. The Balaban J connectivity index is 5.67. The van der Waals surface area contributed by atoms with E-state index in [9.17, 15) is 19.8 Å². The maximum Gasteiger partial charge on any atom is 0.332 e. The molecular formula is C13H22O4. The number of carboxylic acids is 2. The van der Waals surface area contributed by atoms with Gasteiger partial charge in [-0.1, -0.05) is 40.2 Å². The summed E-state index contributed by atoms with van der Waals surface area (Å²) >= 11 is 0. The number of hydrogen-bond donors (Lipinski definition) is 2. The van der Waals surface area contributed by atoms with E-state index in [0.29, 0.717) is 19.3 Å². The number of carbonyl (C=O) groups is 2.